The van der Waals surface area contributed by atoms with E-state index in [4.69, 9.17) is 0 Å². The highest BCUT2D eigenvalue weighted by atomic mass is 16.6. The number of ketones is 1. The minimum atomic E-state index is -0.462. The Balaban J connectivity index is 1.76. The van der Waals surface area contributed by atoms with Gasteiger partial charge in [-0.25, -0.2) is 0 Å². The molecule has 2 fully saturated rings. The molecule has 8 heteroatoms. The fourth-order valence-electron chi connectivity index (χ4n) is 4.30. The third-order valence-corrected chi connectivity index (χ3v) is 5.75. The molecule has 0 spiro atoms. The maximum Gasteiger partial charge on any atom is 0.270 e. The largest absolute Gasteiger partial charge is 0.292 e. The van der Waals surface area contributed by atoms with Crippen molar-refractivity contribution in [3.8, 4) is 0 Å². The first-order valence-corrected chi connectivity index (χ1v) is 9.54. The van der Waals surface area contributed by atoms with E-state index in [-0.39, 0.29) is 29.2 Å². The normalized spacial score (nSPS) is 23.8. The number of carbonyl (C=O) groups is 1. The molecule has 2 atom stereocenters. The van der Waals surface area contributed by atoms with Crippen molar-refractivity contribution >= 4 is 29.3 Å². The summed E-state index contributed by atoms with van der Waals surface area (Å²) >= 11 is 0. The molecule has 0 saturated carbocycles. The predicted molar refractivity (Wildman–Crippen MR) is 112 cm³/mol. The van der Waals surface area contributed by atoms with Gasteiger partial charge in [0.25, 0.3) is 11.4 Å². The van der Waals surface area contributed by atoms with E-state index in [1.54, 1.807) is 36.4 Å². The van der Waals surface area contributed by atoms with E-state index in [0.717, 1.165) is 12.8 Å². The van der Waals surface area contributed by atoms with Crippen LogP contribution in [0.4, 0.5) is 11.4 Å². The topological polar surface area (TPSA) is 107 Å². The fourth-order valence-corrected chi connectivity index (χ4v) is 4.30. The van der Waals surface area contributed by atoms with E-state index in [1.165, 1.54) is 24.3 Å². The van der Waals surface area contributed by atoms with Crippen LogP contribution >= 0.6 is 0 Å². The van der Waals surface area contributed by atoms with Crippen molar-refractivity contribution in [2.45, 2.75) is 24.9 Å². The van der Waals surface area contributed by atoms with E-state index in [2.05, 4.69) is 4.90 Å². The summed E-state index contributed by atoms with van der Waals surface area (Å²) in [6.07, 6.45) is 5.05. The molecule has 2 aromatic rings. The quantitative estimate of drug-likeness (QED) is 0.432. The summed E-state index contributed by atoms with van der Waals surface area (Å²) in [6, 6.07) is 12.3. The van der Waals surface area contributed by atoms with Crippen molar-refractivity contribution in [2.24, 2.45) is 0 Å². The monoisotopic (exact) mass is 405 g/mol. The van der Waals surface area contributed by atoms with Crippen molar-refractivity contribution in [3.63, 3.8) is 0 Å². The highest BCUT2D eigenvalue weighted by molar-refractivity contribution is 6.16. The molecule has 2 bridgehead atoms. The van der Waals surface area contributed by atoms with Crippen LogP contribution in [0.15, 0.2) is 59.7 Å². The number of carbonyl (C=O) groups excluding carboxylic acids is 1. The molecular weight excluding hydrogens is 386 g/mol. The Kier molecular flexibility index (Phi) is 5.01. The Morgan fingerprint density at radius 2 is 1.30 bits per heavy atom. The molecule has 2 aliphatic heterocycles. The van der Waals surface area contributed by atoms with E-state index < -0.39 is 9.85 Å². The predicted octanol–water partition coefficient (Wildman–Crippen LogP) is 4.02. The van der Waals surface area contributed by atoms with Crippen molar-refractivity contribution < 1.29 is 14.6 Å². The van der Waals surface area contributed by atoms with Crippen LogP contribution in [0.5, 0.6) is 0 Å². The number of Topliss-reactive ketones (excluding diaryl/α,β-unsaturated/α-hetero) is 1. The zero-order valence-corrected chi connectivity index (χ0v) is 16.2. The Morgan fingerprint density at radius 1 is 0.867 bits per heavy atom. The number of non-ortho nitro benzene ring substituents is 2. The van der Waals surface area contributed by atoms with Gasteiger partial charge in [0.1, 0.15) is 0 Å². The molecule has 8 nitrogen and oxygen atoms in total. The second kappa shape index (κ2) is 7.64. The highest BCUT2D eigenvalue weighted by Gasteiger charge is 2.44. The molecule has 0 aromatic heterocycles. The van der Waals surface area contributed by atoms with Crippen LogP contribution < -0.4 is 0 Å². The lowest BCUT2D eigenvalue weighted by Crippen LogP contribution is -2.43. The average Bonchev–Trinajstić information content (AvgIpc) is 3.04. The van der Waals surface area contributed by atoms with Gasteiger partial charge in [-0.1, -0.05) is 24.3 Å². The number of nitrogens with zero attached hydrogens (tertiary/aromatic N) is 3. The molecule has 2 aliphatic rings. The van der Waals surface area contributed by atoms with Gasteiger partial charge in [0.05, 0.1) is 9.85 Å². The van der Waals surface area contributed by atoms with Gasteiger partial charge in [0.2, 0.25) is 0 Å². The molecule has 0 aliphatic carbocycles. The summed E-state index contributed by atoms with van der Waals surface area (Å²) in [5.74, 6) is -0.112. The Hall–Kier alpha value is -3.65. The van der Waals surface area contributed by atoms with Gasteiger partial charge in [0.15, 0.2) is 5.78 Å². The number of rotatable bonds is 4. The van der Waals surface area contributed by atoms with Gasteiger partial charge < -0.3 is 0 Å². The Labute approximate surface area is 172 Å². The summed E-state index contributed by atoms with van der Waals surface area (Å²) in [7, 11) is 1.96. The number of benzene rings is 2. The molecule has 0 amide bonds. The summed E-state index contributed by atoms with van der Waals surface area (Å²) < 4.78 is 0. The van der Waals surface area contributed by atoms with Crippen LogP contribution in [0.3, 0.4) is 0 Å². The Morgan fingerprint density at radius 3 is 1.70 bits per heavy atom. The third kappa shape index (κ3) is 3.53. The van der Waals surface area contributed by atoms with Gasteiger partial charge in [-0.3, -0.25) is 29.9 Å². The van der Waals surface area contributed by atoms with Gasteiger partial charge in [-0.15, -0.1) is 0 Å². The van der Waals surface area contributed by atoms with Crippen LogP contribution in [0.2, 0.25) is 0 Å². The summed E-state index contributed by atoms with van der Waals surface area (Å²) in [5.41, 5.74) is 2.31. The molecule has 2 unspecified atom stereocenters. The number of likely N-dealkylation sites (N-methyl/N-ethyl adjacent to an activating group) is 1. The first kappa shape index (κ1) is 19.7. The second-order valence-electron chi connectivity index (χ2n) is 7.51. The standard InChI is InChI=1S/C22H19N3O5/c1-23-20-8-9-21(23)19(13-15-5-3-7-17(11-15)25(29)30)22(26)18(20)12-14-4-2-6-16(10-14)24(27)28/h2-7,10-13,20-21H,8-9H2,1H3. The average molecular weight is 405 g/mol. The lowest BCUT2D eigenvalue weighted by Gasteiger charge is -2.34. The van der Waals surface area contributed by atoms with Crippen LogP contribution in [0.1, 0.15) is 24.0 Å². The minimum absolute atomic E-state index is 0.0300. The molecule has 2 aromatic carbocycles. The first-order valence-electron chi connectivity index (χ1n) is 9.54. The van der Waals surface area contributed by atoms with E-state index in [1.807, 2.05) is 7.05 Å². The Bertz CT molecular complexity index is 1040. The molecule has 30 heavy (non-hydrogen) atoms. The van der Waals surface area contributed by atoms with Gasteiger partial charge in [0, 0.05) is 47.5 Å². The summed E-state index contributed by atoms with van der Waals surface area (Å²) in [6.45, 7) is 0. The molecule has 0 N–H and O–H groups in total. The minimum Gasteiger partial charge on any atom is -0.292 e. The van der Waals surface area contributed by atoms with Crippen LogP contribution in [-0.2, 0) is 4.79 Å². The maximum atomic E-state index is 13.3. The third-order valence-electron chi connectivity index (χ3n) is 5.75. The van der Waals surface area contributed by atoms with Crippen LogP contribution in [0.25, 0.3) is 12.2 Å². The van der Waals surface area contributed by atoms with E-state index >= 15 is 0 Å². The second-order valence-corrected chi connectivity index (χ2v) is 7.51. The number of nitro benzene ring substituents is 2. The van der Waals surface area contributed by atoms with Crippen LogP contribution in [0, 0.1) is 20.2 Å². The van der Waals surface area contributed by atoms with Gasteiger partial charge in [-0.2, -0.15) is 0 Å². The summed E-state index contributed by atoms with van der Waals surface area (Å²) in [5, 5.41) is 22.1. The zero-order chi connectivity index (χ0) is 21.4. The van der Waals surface area contributed by atoms with E-state index in [0.29, 0.717) is 22.3 Å². The van der Waals surface area contributed by atoms with Crippen LogP contribution in [-0.4, -0.2) is 39.7 Å². The molecule has 2 heterocycles. The van der Waals surface area contributed by atoms with Gasteiger partial charge in [-0.05, 0) is 43.2 Å². The molecule has 4 rings (SSSR count). The SMILES string of the molecule is CN1C2CCC1C(=Cc1cccc([N+](=O)[O-])c1)C(=O)C2=Cc1cccc([N+](=O)[O-])c1. The van der Waals surface area contributed by atoms with Crippen molar-refractivity contribution in [2.75, 3.05) is 7.05 Å². The smallest absolute Gasteiger partial charge is 0.270 e. The summed E-state index contributed by atoms with van der Waals surface area (Å²) in [4.78, 5) is 36.7. The number of fused-ring (bicyclic) bond motifs is 2. The zero-order valence-electron chi connectivity index (χ0n) is 16.2. The van der Waals surface area contributed by atoms with E-state index in [9.17, 15) is 25.0 Å². The first-order chi connectivity index (χ1) is 14.3. The van der Waals surface area contributed by atoms with Crippen molar-refractivity contribution in [1.29, 1.82) is 0 Å². The lowest BCUT2D eigenvalue weighted by atomic mass is 9.88. The lowest BCUT2D eigenvalue weighted by molar-refractivity contribution is -0.385. The number of piperidine rings is 1. The fraction of sp³-hybridized carbons (Fsp3) is 0.227. The number of nitro groups is 2. The highest BCUT2D eigenvalue weighted by Crippen LogP contribution is 2.40. The molecule has 2 saturated heterocycles. The molecular formula is C22H19N3O5. The number of hydrogen-bond acceptors (Lipinski definition) is 6. The molecule has 152 valence electrons. The van der Waals surface area contributed by atoms with Crippen molar-refractivity contribution in [1.82, 2.24) is 4.90 Å². The van der Waals surface area contributed by atoms with Gasteiger partial charge >= 0.3 is 0 Å². The van der Waals surface area contributed by atoms with Crippen molar-refractivity contribution in [3.05, 3.63) is 91.0 Å². The molecule has 0 radical (unpaired) electrons. The maximum absolute atomic E-state index is 13.3. The number of hydrogen-bond donors (Lipinski definition) is 0.